The van der Waals surface area contributed by atoms with E-state index in [0.717, 1.165) is 22.2 Å². The predicted molar refractivity (Wildman–Crippen MR) is 103 cm³/mol. The molecule has 0 unspecified atom stereocenters. The molecule has 0 saturated heterocycles. The Kier molecular flexibility index (Phi) is 4.30. The van der Waals surface area contributed by atoms with Gasteiger partial charge in [0.05, 0.1) is 12.1 Å². The highest BCUT2D eigenvalue weighted by Crippen LogP contribution is 2.21. The zero-order chi connectivity index (χ0) is 18.8. The van der Waals surface area contributed by atoms with Gasteiger partial charge in [-0.3, -0.25) is 4.79 Å². The van der Waals surface area contributed by atoms with Crippen molar-refractivity contribution in [2.45, 2.75) is 13.3 Å². The second-order valence-corrected chi connectivity index (χ2v) is 6.30. The Labute approximate surface area is 155 Å². The Morgan fingerprint density at radius 1 is 1.15 bits per heavy atom. The Hall–Kier alpha value is -3.67. The molecular formula is C21H17N3O3. The standard InChI is InChI=1S/C21H17N3O3/c1-14-11-21(26)27-19-13-16(5-8-18(14)19)23-20(25)12-15-3-6-17(7-4-15)24-10-2-9-22-24/h2-11,13H,12H2,1H3,(H,23,25). The quantitative estimate of drug-likeness (QED) is 0.566. The van der Waals surface area contributed by atoms with Gasteiger partial charge in [0.1, 0.15) is 5.58 Å². The molecule has 0 fully saturated rings. The van der Waals surface area contributed by atoms with Gasteiger partial charge in [0.2, 0.25) is 5.91 Å². The fourth-order valence-corrected chi connectivity index (χ4v) is 2.98. The predicted octanol–water partition coefficient (Wildman–Crippen LogP) is 3.47. The summed E-state index contributed by atoms with van der Waals surface area (Å²) in [6, 6.07) is 16.3. The van der Waals surface area contributed by atoms with E-state index >= 15 is 0 Å². The first-order valence-electron chi connectivity index (χ1n) is 8.52. The Balaban J connectivity index is 1.47. The highest BCUT2D eigenvalue weighted by Gasteiger charge is 2.08. The van der Waals surface area contributed by atoms with Crippen molar-refractivity contribution in [3.8, 4) is 5.69 Å². The first kappa shape index (κ1) is 16.8. The molecule has 0 radical (unpaired) electrons. The molecule has 0 spiro atoms. The fourth-order valence-electron chi connectivity index (χ4n) is 2.98. The second-order valence-electron chi connectivity index (χ2n) is 6.30. The van der Waals surface area contributed by atoms with Crippen molar-refractivity contribution in [3.05, 3.63) is 88.5 Å². The van der Waals surface area contributed by atoms with Crippen LogP contribution < -0.4 is 10.9 Å². The first-order valence-corrected chi connectivity index (χ1v) is 8.52. The third kappa shape index (κ3) is 3.64. The maximum atomic E-state index is 12.3. The lowest BCUT2D eigenvalue weighted by molar-refractivity contribution is -0.115. The van der Waals surface area contributed by atoms with E-state index in [-0.39, 0.29) is 12.3 Å². The van der Waals surface area contributed by atoms with Gasteiger partial charge in [-0.1, -0.05) is 12.1 Å². The molecule has 4 aromatic rings. The molecule has 0 saturated carbocycles. The number of rotatable bonds is 4. The Morgan fingerprint density at radius 3 is 2.70 bits per heavy atom. The van der Waals surface area contributed by atoms with Crippen LogP contribution in [0.25, 0.3) is 16.7 Å². The number of carbonyl (C=O) groups excluding carboxylic acids is 1. The molecule has 0 atom stereocenters. The monoisotopic (exact) mass is 359 g/mol. The van der Waals surface area contributed by atoms with Crippen LogP contribution in [0.1, 0.15) is 11.1 Å². The summed E-state index contributed by atoms with van der Waals surface area (Å²) in [5.41, 5.74) is 3.32. The van der Waals surface area contributed by atoms with Crippen LogP contribution in [0.15, 0.2) is 76.2 Å². The van der Waals surface area contributed by atoms with Gasteiger partial charge in [-0.25, -0.2) is 9.48 Å². The van der Waals surface area contributed by atoms with Crippen LogP contribution >= 0.6 is 0 Å². The lowest BCUT2D eigenvalue weighted by Crippen LogP contribution is -2.14. The molecule has 0 aliphatic heterocycles. The fraction of sp³-hybridized carbons (Fsp3) is 0.0952. The van der Waals surface area contributed by atoms with Gasteiger partial charge in [0, 0.05) is 35.6 Å². The smallest absolute Gasteiger partial charge is 0.336 e. The molecular weight excluding hydrogens is 342 g/mol. The summed E-state index contributed by atoms with van der Waals surface area (Å²) in [6.07, 6.45) is 3.82. The number of fused-ring (bicyclic) bond motifs is 1. The normalized spacial score (nSPS) is 10.9. The molecule has 6 heteroatoms. The SMILES string of the molecule is Cc1cc(=O)oc2cc(NC(=O)Cc3ccc(-n4cccn4)cc3)ccc12. The van der Waals surface area contributed by atoms with Crippen molar-refractivity contribution >= 4 is 22.6 Å². The number of aromatic nitrogens is 2. The van der Waals surface area contributed by atoms with E-state index in [2.05, 4.69) is 10.4 Å². The number of aryl methyl sites for hydroxylation is 1. The number of carbonyl (C=O) groups is 1. The lowest BCUT2D eigenvalue weighted by Gasteiger charge is -2.08. The van der Waals surface area contributed by atoms with E-state index in [1.807, 2.05) is 49.5 Å². The van der Waals surface area contributed by atoms with Crippen LogP contribution in [0.5, 0.6) is 0 Å². The van der Waals surface area contributed by atoms with Gasteiger partial charge < -0.3 is 9.73 Å². The van der Waals surface area contributed by atoms with Gasteiger partial charge in [0.15, 0.2) is 0 Å². The molecule has 134 valence electrons. The van der Waals surface area contributed by atoms with E-state index in [9.17, 15) is 9.59 Å². The van der Waals surface area contributed by atoms with E-state index in [1.165, 1.54) is 6.07 Å². The summed E-state index contributed by atoms with van der Waals surface area (Å²) >= 11 is 0. The first-order chi connectivity index (χ1) is 13.1. The van der Waals surface area contributed by atoms with Gasteiger partial charge >= 0.3 is 5.63 Å². The van der Waals surface area contributed by atoms with Crippen molar-refractivity contribution < 1.29 is 9.21 Å². The van der Waals surface area contributed by atoms with Gasteiger partial charge in [-0.2, -0.15) is 5.10 Å². The molecule has 1 N–H and O–H groups in total. The number of nitrogens with zero attached hydrogens (tertiary/aromatic N) is 2. The van der Waals surface area contributed by atoms with Crippen molar-refractivity contribution in [3.63, 3.8) is 0 Å². The maximum absolute atomic E-state index is 12.3. The van der Waals surface area contributed by atoms with Crippen molar-refractivity contribution in [2.75, 3.05) is 5.32 Å². The Bertz CT molecular complexity index is 1160. The highest BCUT2D eigenvalue weighted by molar-refractivity contribution is 5.94. The minimum atomic E-state index is -0.402. The zero-order valence-electron chi connectivity index (χ0n) is 14.7. The summed E-state index contributed by atoms with van der Waals surface area (Å²) in [5, 5.41) is 7.87. The van der Waals surface area contributed by atoms with Gasteiger partial charge in [-0.05, 0) is 48.4 Å². The summed E-state index contributed by atoms with van der Waals surface area (Å²) in [5.74, 6) is -0.142. The number of hydrogen-bond donors (Lipinski definition) is 1. The highest BCUT2D eigenvalue weighted by atomic mass is 16.4. The molecule has 4 rings (SSSR count). The van der Waals surface area contributed by atoms with E-state index in [0.29, 0.717) is 11.3 Å². The summed E-state index contributed by atoms with van der Waals surface area (Å²) in [7, 11) is 0. The topological polar surface area (TPSA) is 77.1 Å². The zero-order valence-corrected chi connectivity index (χ0v) is 14.7. The molecule has 1 amide bonds. The Morgan fingerprint density at radius 2 is 1.96 bits per heavy atom. The van der Waals surface area contributed by atoms with Crippen LogP contribution in [-0.2, 0) is 11.2 Å². The summed E-state index contributed by atoms with van der Waals surface area (Å²) in [6.45, 7) is 1.85. The van der Waals surface area contributed by atoms with Crippen LogP contribution in [0.2, 0.25) is 0 Å². The molecule has 6 nitrogen and oxygen atoms in total. The van der Waals surface area contributed by atoms with Crippen LogP contribution in [-0.4, -0.2) is 15.7 Å². The average molecular weight is 359 g/mol. The van der Waals surface area contributed by atoms with Crippen molar-refractivity contribution in [2.24, 2.45) is 0 Å². The number of amides is 1. The molecule has 0 bridgehead atoms. The van der Waals surface area contributed by atoms with E-state index < -0.39 is 5.63 Å². The lowest BCUT2D eigenvalue weighted by atomic mass is 10.1. The molecule has 0 aliphatic rings. The van der Waals surface area contributed by atoms with Crippen molar-refractivity contribution in [1.82, 2.24) is 9.78 Å². The maximum Gasteiger partial charge on any atom is 0.336 e. The van der Waals surface area contributed by atoms with Crippen LogP contribution in [0, 0.1) is 6.92 Å². The third-order valence-electron chi connectivity index (χ3n) is 4.31. The summed E-state index contributed by atoms with van der Waals surface area (Å²) < 4.78 is 6.98. The minimum Gasteiger partial charge on any atom is -0.423 e. The molecule has 2 heterocycles. The van der Waals surface area contributed by atoms with E-state index in [1.54, 1.807) is 23.0 Å². The second kappa shape index (κ2) is 6.92. The molecule has 27 heavy (non-hydrogen) atoms. The summed E-state index contributed by atoms with van der Waals surface area (Å²) in [4.78, 5) is 23.9. The minimum absolute atomic E-state index is 0.142. The number of hydrogen-bond acceptors (Lipinski definition) is 4. The number of benzene rings is 2. The number of nitrogens with one attached hydrogen (secondary N) is 1. The largest absolute Gasteiger partial charge is 0.423 e. The van der Waals surface area contributed by atoms with Crippen molar-refractivity contribution in [1.29, 1.82) is 0 Å². The molecule has 2 aromatic heterocycles. The van der Waals surface area contributed by atoms with E-state index in [4.69, 9.17) is 4.42 Å². The molecule has 0 aliphatic carbocycles. The molecule has 2 aromatic carbocycles. The van der Waals surface area contributed by atoms with Crippen LogP contribution in [0.4, 0.5) is 5.69 Å². The third-order valence-corrected chi connectivity index (χ3v) is 4.31. The average Bonchev–Trinajstić information content (AvgIpc) is 3.16. The number of anilines is 1. The van der Waals surface area contributed by atoms with Gasteiger partial charge in [-0.15, -0.1) is 0 Å². The van der Waals surface area contributed by atoms with Gasteiger partial charge in [0.25, 0.3) is 0 Å². The van der Waals surface area contributed by atoms with Crippen LogP contribution in [0.3, 0.4) is 0 Å².